The number of benzene rings is 1. The van der Waals surface area contributed by atoms with E-state index in [1.54, 1.807) is 25.3 Å². The minimum absolute atomic E-state index is 0.130. The SMILES string of the molecule is COc1ccc(C(=O)Nc2c(C)ccnc2Cl)c(O)c1. The summed E-state index contributed by atoms with van der Waals surface area (Å²) in [6.07, 6.45) is 1.55. The highest BCUT2D eigenvalue weighted by Gasteiger charge is 2.15. The van der Waals surface area contributed by atoms with Gasteiger partial charge in [0, 0.05) is 12.3 Å². The molecule has 0 radical (unpaired) electrons. The quantitative estimate of drug-likeness (QED) is 0.853. The average molecular weight is 293 g/mol. The minimum Gasteiger partial charge on any atom is -0.507 e. The number of phenolic OH excluding ortho intramolecular Hbond substituents is 1. The maximum absolute atomic E-state index is 12.1. The highest BCUT2D eigenvalue weighted by Crippen LogP contribution is 2.27. The number of amides is 1. The van der Waals surface area contributed by atoms with E-state index >= 15 is 0 Å². The predicted molar refractivity (Wildman–Crippen MR) is 76.6 cm³/mol. The number of anilines is 1. The minimum atomic E-state index is -0.469. The summed E-state index contributed by atoms with van der Waals surface area (Å²) in [6.45, 7) is 1.80. The van der Waals surface area contributed by atoms with Crippen LogP contribution >= 0.6 is 11.6 Å². The summed E-state index contributed by atoms with van der Waals surface area (Å²) in [7, 11) is 1.48. The number of carbonyl (C=O) groups is 1. The number of carbonyl (C=O) groups excluding carboxylic acids is 1. The van der Waals surface area contributed by atoms with Crippen molar-refractivity contribution in [3.8, 4) is 11.5 Å². The molecule has 1 amide bonds. The van der Waals surface area contributed by atoms with Crippen LogP contribution in [0.1, 0.15) is 15.9 Å². The number of rotatable bonds is 3. The molecule has 0 aliphatic heterocycles. The van der Waals surface area contributed by atoms with E-state index in [1.807, 2.05) is 0 Å². The number of pyridine rings is 1. The Kier molecular flexibility index (Phi) is 4.10. The third-order valence-corrected chi connectivity index (χ3v) is 3.09. The summed E-state index contributed by atoms with van der Waals surface area (Å²) in [5.41, 5.74) is 1.34. The molecule has 0 unspecified atom stereocenters. The summed E-state index contributed by atoms with van der Waals surface area (Å²) in [5, 5.41) is 12.7. The van der Waals surface area contributed by atoms with E-state index in [0.717, 1.165) is 5.56 Å². The molecule has 1 heterocycles. The van der Waals surface area contributed by atoms with Crippen molar-refractivity contribution in [1.29, 1.82) is 0 Å². The molecule has 0 spiro atoms. The molecule has 104 valence electrons. The van der Waals surface area contributed by atoms with Gasteiger partial charge in [-0.25, -0.2) is 4.98 Å². The smallest absolute Gasteiger partial charge is 0.259 e. The van der Waals surface area contributed by atoms with Crippen molar-refractivity contribution in [3.63, 3.8) is 0 Å². The number of methoxy groups -OCH3 is 1. The van der Waals surface area contributed by atoms with Crippen LogP contribution in [0.2, 0.25) is 5.15 Å². The van der Waals surface area contributed by atoms with Crippen molar-refractivity contribution in [1.82, 2.24) is 4.98 Å². The van der Waals surface area contributed by atoms with Crippen LogP contribution in [0.25, 0.3) is 0 Å². The van der Waals surface area contributed by atoms with Gasteiger partial charge in [-0.15, -0.1) is 0 Å². The molecule has 1 aromatic carbocycles. The van der Waals surface area contributed by atoms with Crippen molar-refractivity contribution in [2.75, 3.05) is 12.4 Å². The second-order valence-electron chi connectivity index (χ2n) is 4.13. The first kappa shape index (κ1) is 14.1. The Hall–Kier alpha value is -2.27. The first-order valence-electron chi connectivity index (χ1n) is 5.82. The molecule has 2 N–H and O–H groups in total. The van der Waals surface area contributed by atoms with Crippen LogP contribution in [0.3, 0.4) is 0 Å². The average Bonchev–Trinajstić information content (AvgIpc) is 2.42. The van der Waals surface area contributed by atoms with Crippen molar-refractivity contribution in [2.45, 2.75) is 6.92 Å². The first-order chi connectivity index (χ1) is 9.52. The van der Waals surface area contributed by atoms with Gasteiger partial charge in [-0.1, -0.05) is 11.6 Å². The Bertz CT molecular complexity index is 639. The Morgan fingerprint density at radius 2 is 2.15 bits per heavy atom. The Morgan fingerprint density at radius 3 is 2.75 bits per heavy atom. The van der Waals surface area contributed by atoms with E-state index in [4.69, 9.17) is 16.3 Å². The Balaban J connectivity index is 2.29. The van der Waals surface area contributed by atoms with Crippen molar-refractivity contribution >= 4 is 23.2 Å². The lowest BCUT2D eigenvalue weighted by atomic mass is 10.1. The van der Waals surface area contributed by atoms with Gasteiger partial charge < -0.3 is 15.2 Å². The van der Waals surface area contributed by atoms with E-state index in [0.29, 0.717) is 11.4 Å². The third kappa shape index (κ3) is 2.83. The van der Waals surface area contributed by atoms with Gasteiger partial charge in [-0.05, 0) is 30.7 Å². The van der Waals surface area contributed by atoms with Crippen molar-refractivity contribution in [3.05, 3.63) is 46.7 Å². The largest absolute Gasteiger partial charge is 0.507 e. The number of aromatic nitrogens is 1. The van der Waals surface area contributed by atoms with E-state index in [1.165, 1.54) is 19.2 Å². The van der Waals surface area contributed by atoms with Crippen molar-refractivity contribution in [2.24, 2.45) is 0 Å². The number of hydrogen-bond donors (Lipinski definition) is 2. The summed E-state index contributed by atoms with van der Waals surface area (Å²) in [6, 6.07) is 6.16. The maximum atomic E-state index is 12.1. The van der Waals surface area contributed by atoms with E-state index in [2.05, 4.69) is 10.3 Å². The zero-order valence-corrected chi connectivity index (χ0v) is 11.7. The number of hydrogen-bond acceptors (Lipinski definition) is 4. The summed E-state index contributed by atoms with van der Waals surface area (Å²) < 4.78 is 4.96. The highest BCUT2D eigenvalue weighted by molar-refractivity contribution is 6.32. The number of nitrogens with zero attached hydrogens (tertiary/aromatic N) is 1. The lowest BCUT2D eigenvalue weighted by Gasteiger charge is -2.11. The van der Waals surface area contributed by atoms with Crippen molar-refractivity contribution < 1.29 is 14.6 Å². The fraction of sp³-hybridized carbons (Fsp3) is 0.143. The molecule has 0 aliphatic carbocycles. The van der Waals surface area contributed by atoms with Gasteiger partial charge in [0.05, 0.1) is 18.4 Å². The van der Waals surface area contributed by atoms with Gasteiger partial charge in [0.25, 0.3) is 5.91 Å². The maximum Gasteiger partial charge on any atom is 0.259 e. The molecule has 0 fully saturated rings. The molecule has 0 atom stereocenters. The van der Waals surface area contributed by atoms with Crippen LogP contribution in [0, 0.1) is 6.92 Å². The molecule has 0 aliphatic rings. The van der Waals surface area contributed by atoms with E-state index < -0.39 is 5.91 Å². The number of nitrogens with one attached hydrogen (secondary N) is 1. The molecule has 6 heteroatoms. The number of aromatic hydroxyl groups is 1. The molecule has 20 heavy (non-hydrogen) atoms. The van der Waals surface area contributed by atoms with Crippen LogP contribution in [-0.2, 0) is 0 Å². The lowest BCUT2D eigenvalue weighted by Crippen LogP contribution is -2.13. The fourth-order valence-electron chi connectivity index (χ4n) is 1.69. The molecule has 0 bridgehead atoms. The number of ether oxygens (including phenoxy) is 1. The van der Waals surface area contributed by atoms with Gasteiger partial charge in [-0.2, -0.15) is 0 Å². The van der Waals surface area contributed by atoms with Gasteiger partial charge in [0.1, 0.15) is 11.5 Å². The first-order valence-corrected chi connectivity index (χ1v) is 6.20. The second-order valence-corrected chi connectivity index (χ2v) is 4.49. The zero-order valence-electron chi connectivity index (χ0n) is 11.0. The van der Waals surface area contributed by atoms with Gasteiger partial charge in [0.15, 0.2) is 5.15 Å². The van der Waals surface area contributed by atoms with Crippen LogP contribution in [-0.4, -0.2) is 23.1 Å². The molecule has 2 aromatic rings. The van der Waals surface area contributed by atoms with Gasteiger partial charge in [-0.3, -0.25) is 4.79 Å². The number of halogens is 1. The third-order valence-electron chi connectivity index (χ3n) is 2.80. The van der Waals surface area contributed by atoms with E-state index in [-0.39, 0.29) is 16.5 Å². The van der Waals surface area contributed by atoms with Crippen LogP contribution in [0.5, 0.6) is 11.5 Å². The Labute approximate surface area is 121 Å². The second kappa shape index (κ2) is 5.79. The normalized spacial score (nSPS) is 10.2. The molecule has 1 aromatic heterocycles. The predicted octanol–water partition coefficient (Wildman–Crippen LogP) is 3.01. The standard InChI is InChI=1S/C14H13ClN2O3/c1-8-5-6-16-13(15)12(8)17-14(19)10-4-3-9(20-2)7-11(10)18/h3-7,18H,1-2H3,(H,17,19). The topological polar surface area (TPSA) is 71.5 Å². The monoisotopic (exact) mass is 292 g/mol. The fourth-order valence-corrected chi connectivity index (χ4v) is 1.94. The number of phenols is 1. The molecular formula is C14H13ClN2O3. The van der Waals surface area contributed by atoms with Crippen LogP contribution in [0.15, 0.2) is 30.5 Å². The molecular weight excluding hydrogens is 280 g/mol. The summed E-state index contributed by atoms with van der Waals surface area (Å²) >= 11 is 5.94. The van der Waals surface area contributed by atoms with Crippen LogP contribution < -0.4 is 10.1 Å². The zero-order chi connectivity index (χ0) is 14.7. The summed E-state index contributed by atoms with van der Waals surface area (Å²) in [4.78, 5) is 16.0. The molecule has 0 saturated heterocycles. The van der Waals surface area contributed by atoms with Crippen LogP contribution in [0.4, 0.5) is 5.69 Å². The molecule has 5 nitrogen and oxygen atoms in total. The Morgan fingerprint density at radius 1 is 1.40 bits per heavy atom. The lowest BCUT2D eigenvalue weighted by molar-refractivity contribution is 0.102. The number of aryl methyl sites for hydroxylation is 1. The van der Waals surface area contributed by atoms with Gasteiger partial charge >= 0.3 is 0 Å². The summed E-state index contributed by atoms with van der Waals surface area (Å²) in [5.74, 6) is -0.169. The molecule has 0 saturated carbocycles. The van der Waals surface area contributed by atoms with Gasteiger partial charge in [0.2, 0.25) is 0 Å². The van der Waals surface area contributed by atoms with E-state index in [9.17, 15) is 9.90 Å². The highest BCUT2D eigenvalue weighted by atomic mass is 35.5. The molecule has 2 rings (SSSR count).